The summed E-state index contributed by atoms with van der Waals surface area (Å²) in [7, 11) is 0. The third kappa shape index (κ3) is 2.14. The molecule has 1 aromatic heterocycles. The van der Waals surface area contributed by atoms with Crippen LogP contribution in [0.3, 0.4) is 0 Å². The fourth-order valence-electron chi connectivity index (χ4n) is 2.48. The Hall–Kier alpha value is -2.09. The zero-order valence-corrected chi connectivity index (χ0v) is 11.6. The molecule has 3 rings (SSSR count). The summed E-state index contributed by atoms with van der Waals surface area (Å²) in [5.41, 5.74) is 7.21. The SMILES string of the molecule is CCc1ccc2nc(-c3ccc(C)cc3C)[nH]c2c1. The molecule has 0 amide bonds. The molecule has 0 unspecified atom stereocenters. The predicted molar refractivity (Wildman–Crippen MR) is 80.4 cm³/mol. The number of imidazole rings is 1. The number of nitrogens with zero attached hydrogens (tertiary/aromatic N) is 1. The molecule has 2 nitrogen and oxygen atoms in total. The number of nitrogens with one attached hydrogen (secondary N) is 1. The van der Waals surface area contributed by atoms with Crippen molar-refractivity contribution in [3.8, 4) is 11.4 Å². The van der Waals surface area contributed by atoms with Crippen molar-refractivity contribution < 1.29 is 0 Å². The summed E-state index contributed by atoms with van der Waals surface area (Å²) in [6.07, 6.45) is 1.05. The number of aryl methyl sites for hydroxylation is 3. The summed E-state index contributed by atoms with van der Waals surface area (Å²) in [6, 6.07) is 12.9. The lowest BCUT2D eigenvalue weighted by atomic mass is 10.1. The topological polar surface area (TPSA) is 28.7 Å². The Morgan fingerprint density at radius 3 is 2.63 bits per heavy atom. The molecule has 1 heterocycles. The van der Waals surface area contributed by atoms with Crippen molar-refractivity contribution in [3.63, 3.8) is 0 Å². The van der Waals surface area contributed by atoms with Gasteiger partial charge in [0.2, 0.25) is 0 Å². The number of hydrogen-bond donors (Lipinski definition) is 1. The maximum absolute atomic E-state index is 4.69. The van der Waals surface area contributed by atoms with E-state index < -0.39 is 0 Å². The fraction of sp³-hybridized carbons (Fsp3) is 0.235. The van der Waals surface area contributed by atoms with Crippen molar-refractivity contribution in [2.75, 3.05) is 0 Å². The average Bonchev–Trinajstić information content (AvgIpc) is 2.80. The van der Waals surface area contributed by atoms with Crippen LogP contribution in [0.1, 0.15) is 23.6 Å². The molecule has 0 saturated carbocycles. The van der Waals surface area contributed by atoms with Crippen LogP contribution < -0.4 is 0 Å². The maximum atomic E-state index is 4.69. The summed E-state index contributed by atoms with van der Waals surface area (Å²) in [4.78, 5) is 8.13. The zero-order valence-electron chi connectivity index (χ0n) is 11.6. The van der Waals surface area contributed by atoms with Crippen LogP contribution in [0.15, 0.2) is 36.4 Å². The van der Waals surface area contributed by atoms with Crippen molar-refractivity contribution in [1.82, 2.24) is 9.97 Å². The molecule has 0 aliphatic heterocycles. The monoisotopic (exact) mass is 250 g/mol. The summed E-state index contributed by atoms with van der Waals surface area (Å²) in [5.74, 6) is 0.959. The Labute approximate surface area is 113 Å². The maximum Gasteiger partial charge on any atom is 0.138 e. The van der Waals surface area contributed by atoms with Crippen molar-refractivity contribution >= 4 is 11.0 Å². The minimum absolute atomic E-state index is 0.959. The average molecular weight is 250 g/mol. The van der Waals surface area contributed by atoms with E-state index in [0.29, 0.717) is 0 Å². The lowest BCUT2D eigenvalue weighted by Gasteiger charge is -2.03. The van der Waals surface area contributed by atoms with Crippen LogP contribution in [0, 0.1) is 13.8 Å². The van der Waals surface area contributed by atoms with Crippen molar-refractivity contribution in [2.45, 2.75) is 27.2 Å². The summed E-state index contributed by atoms with van der Waals surface area (Å²) in [6.45, 7) is 6.42. The second kappa shape index (κ2) is 4.54. The third-order valence-electron chi connectivity index (χ3n) is 3.59. The highest BCUT2D eigenvalue weighted by Gasteiger charge is 2.08. The van der Waals surface area contributed by atoms with E-state index in [4.69, 9.17) is 4.98 Å². The first-order valence-corrected chi connectivity index (χ1v) is 6.73. The van der Waals surface area contributed by atoms with E-state index in [9.17, 15) is 0 Å². The molecule has 3 aromatic rings. The molecule has 2 heteroatoms. The largest absolute Gasteiger partial charge is 0.338 e. The van der Waals surface area contributed by atoms with Crippen LogP contribution >= 0.6 is 0 Å². The van der Waals surface area contributed by atoms with Crippen LogP contribution in [0.2, 0.25) is 0 Å². The molecule has 0 aliphatic carbocycles. The second-order valence-corrected chi connectivity index (χ2v) is 5.11. The Morgan fingerprint density at radius 1 is 1.05 bits per heavy atom. The van der Waals surface area contributed by atoms with Crippen LogP contribution in [0.25, 0.3) is 22.4 Å². The first-order valence-electron chi connectivity index (χ1n) is 6.73. The van der Waals surface area contributed by atoms with Crippen LogP contribution in [0.4, 0.5) is 0 Å². The minimum Gasteiger partial charge on any atom is -0.338 e. The first kappa shape index (κ1) is 12.0. The van der Waals surface area contributed by atoms with Gasteiger partial charge in [-0.05, 0) is 43.5 Å². The normalized spacial score (nSPS) is 11.1. The van der Waals surface area contributed by atoms with E-state index in [2.05, 4.69) is 62.2 Å². The van der Waals surface area contributed by atoms with Gasteiger partial charge in [-0.25, -0.2) is 4.98 Å². The molecule has 0 aliphatic rings. The number of rotatable bonds is 2. The van der Waals surface area contributed by atoms with Crippen molar-refractivity contribution in [2.24, 2.45) is 0 Å². The molecule has 0 spiro atoms. The highest BCUT2D eigenvalue weighted by atomic mass is 14.9. The zero-order chi connectivity index (χ0) is 13.4. The second-order valence-electron chi connectivity index (χ2n) is 5.11. The molecular formula is C17H18N2. The van der Waals surface area contributed by atoms with Gasteiger partial charge in [0.1, 0.15) is 5.82 Å². The number of aromatic nitrogens is 2. The summed E-state index contributed by atoms with van der Waals surface area (Å²) in [5, 5.41) is 0. The number of aromatic amines is 1. The van der Waals surface area contributed by atoms with Gasteiger partial charge in [0.05, 0.1) is 11.0 Å². The highest BCUT2D eigenvalue weighted by molar-refractivity contribution is 5.80. The third-order valence-corrected chi connectivity index (χ3v) is 3.59. The van der Waals surface area contributed by atoms with Gasteiger partial charge in [0, 0.05) is 5.56 Å². The molecular weight excluding hydrogens is 232 g/mol. The number of benzene rings is 2. The van der Waals surface area contributed by atoms with Gasteiger partial charge in [0.15, 0.2) is 0 Å². The lowest BCUT2D eigenvalue weighted by molar-refractivity contribution is 1.14. The van der Waals surface area contributed by atoms with Gasteiger partial charge in [-0.15, -0.1) is 0 Å². The molecule has 0 saturated heterocycles. The molecule has 96 valence electrons. The predicted octanol–water partition coefficient (Wildman–Crippen LogP) is 4.41. The Kier molecular flexibility index (Phi) is 2.86. The van der Waals surface area contributed by atoms with Crippen molar-refractivity contribution in [1.29, 1.82) is 0 Å². The van der Waals surface area contributed by atoms with Crippen LogP contribution in [-0.4, -0.2) is 9.97 Å². The number of H-pyrrole nitrogens is 1. The molecule has 0 radical (unpaired) electrons. The summed E-state index contributed by atoms with van der Waals surface area (Å²) >= 11 is 0. The van der Waals surface area contributed by atoms with Gasteiger partial charge >= 0.3 is 0 Å². The molecule has 0 bridgehead atoms. The van der Waals surface area contributed by atoms with E-state index in [1.54, 1.807) is 0 Å². The van der Waals surface area contributed by atoms with E-state index in [1.807, 2.05) is 0 Å². The van der Waals surface area contributed by atoms with Gasteiger partial charge < -0.3 is 4.98 Å². The fourth-order valence-corrected chi connectivity index (χ4v) is 2.48. The number of hydrogen-bond acceptors (Lipinski definition) is 1. The van der Waals surface area contributed by atoms with Crippen LogP contribution in [-0.2, 0) is 6.42 Å². The molecule has 0 atom stereocenters. The van der Waals surface area contributed by atoms with E-state index in [1.165, 1.54) is 22.3 Å². The Morgan fingerprint density at radius 2 is 1.89 bits per heavy atom. The summed E-state index contributed by atoms with van der Waals surface area (Å²) < 4.78 is 0. The highest BCUT2D eigenvalue weighted by Crippen LogP contribution is 2.24. The van der Waals surface area contributed by atoms with E-state index in [-0.39, 0.29) is 0 Å². The molecule has 19 heavy (non-hydrogen) atoms. The first-order chi connectivity index (χ1) is 9.17. The van der Waals surface area contributed by atoms with Gasteiger partial charge in [0.25, 0.3) is 0 Å². The van der Waals surface area contributed by atoms with Gasteiger partial charge in [-0.1, -0.05) is 36.8 Å². The van der Waals surface area contributed by atoms with Crippen molar-refractivity contribution in [3.05, 3.63) is 53.1 Å². The minimum atomic E-state index is 0.959. The van der Waals surface area contributed by atoms with E-state index >= 15 is 0 Å². The van der Waals surface area contributed by atoms with Gasteiger partial charge in [-0.2, -0.15) is 0 Å². The smallest absolute Gasteiger partial charge is 0.138 e. The molecule has 1 N–H and O–H groups in total. The Bertz CT molecular complexity index is 738. The lowest BCUT2D eigenvalue weighted by Crippen LogP contribution is -1.86. The van der Waals surface area contributed by atoms with Crippen LogP contribution in [0.5, 0.6) is 0 Å². The standard InChI is InChI=1S/C17H18N2/c1-4-13-6-8-15-16(10-13)19-17(18-15)14-7-5-11(2)9-12(14)3/h5-10H,4H2,1-3H3,(H,18,19). The Balaban J connectivity index is 2.14. The molecule has 2 aromatic carbocycles. The van der Waals surface area contributed by atoms with E-state index in [0.717, 1.165) is 23.3 Å². The quantitative estimate of drug-likeness (QED) is 0.717. The molecule has 0 fully saturated rings. The number of fused-ring (bicyclic) bond motifs is 1. The van der Waals surface area contributed by atoms with Gasteiger partial charge in [-0.3, -0.25) is 0 Å².